The highest BCUT2D eigenvalue weighted by molar-refractivity contribution is 7.93. The molecule has 1 aromatic heterocycles. The van der Waals surface area contributed by atoms with E-state index >= 15 is 0 Å². The lowest BCUT2D eigenvalue weighted by Gasteiger charge is -2.09. The molecule has 2 N–H and O–H groups in total. The Balaban J connectivity index is 1.76. The summed E-state index contributed by atoms with van der Waals surface area (Å²) in [5.41, 5.74) is 1.27. The van der Waals surface area contributed by atoms with E-state index in [1.807, 2.05) is 6.07 Å². The van der Waals surface area contributed by atoms with Gasteiger partial charge in [-0.3, -0.25) is 4.72 Å². The fourth-order valence-electron chi connectivity index (χ4n) is 1.78. The van der Waals surface area contributed by atoms with E-state index in [-0.39, 0.29) is 5.25 Å². The van der Waals surface area contributed by atoms with Crippen LogP contribution in [0.5, 0.6) is 0 Å². The SMILES string of the molecule is O=S(=O)(Nc1cccc(Nc2ncccn2)c1)C1CC1. The molecule has 7 heteroatoms. The van der Waals surface area contributed by atoms with E-state index in [2.05, 4.69) is 20.0 Å². The van der Waals surface area contributed by atoms with Crippen LogP contribution < -0.4 is 10.0 Å². The van der Waals surface area contributed by atoms with Crippen molar-refractivity contribution in [2.75, 3.05) is 10.0 Å². The highest BCUT2D eigenvalue weighted by atomic mass is 32.2. The average molecular weight is 290 g/mol. The van der Waals surface area contributed by atoms with Gasteiger partial charge in [0.1, 0.15) is 0 Å². The van der Waals surface area contributed by atoms with E-state index in [0.717, 1.165) is 18.5 Å². The molecule has 20 heavy (non-hydrogen) atoms. The van der Waals surface area contributed by atoms with Crippen LogP contribution in [-0.4, -0.2) is 23.6 Å². The molecule has 0 radical (unpaired) electrons. The predicted octanol–water partition coefficient (Wildman–Crippen LogP) is 2.12. The quantitative estimate of drug-likeness (QED) is 0.881. The van der Waals surface area contributed by atoms with Crippen molar-refractivity contribution in [3.05, 3.63) is 42.7 Å². The van der Waals surface area contributed by atoms with Gasteiger partial charge in [0.2, 0.25) is 16.0 Å². The molecule has 1 aliphatic rings. The Labute approximate surface area is 117 Å². The average Bonchev–Trinajstić information content (AvgIpc) is 3.24. The molecular weight excluding hydrogens is 276 g/mol. The molecule has 104 valence electrons. The first-order valence-electron chi connectivity index (χ1n) is 6.29. The maximum atomic E-state index is 11.9. The zero-order valence-electron chi connectivity index (χ0n) is 10.7. The summed E-state index contributed by atoms with van der Waals surface area (Å²) in [5.74, 6) is 0.467. The van der Waals surface area contributed by atoms with Crippen molar-refractivity contribution >= 4 is 27.3 Å². The summed E-state index contributed by atoms with van der Waals surface area (Å²) < 4.78 is 26.3. The molecular formula is C13H14N4O2S. The first-order chi connectivity index (χ1) is 9.63. The smallest absolute Gasteiger partial charge is 0.235 e. The Morgan fingerprint density at radius 2 is 1.75 bits per heavy atom. The van der Waals surface area contributed by atoms with Crippen LogP contribution in [0.1, 0.15) is 12.8 Å². The fourth-order valence-corrected chi connectivity index (χ4v) is 3.16. The molecule has 0 amide bonds. The molecule has 1 aliphatic carbocycles. The molecule has 6 nitrogen and oxygen atoms in total. The maximum Gasteiger partial charge on any atom is 0.235 e. The zero-order valence-corrected chi connectivity index (χ0v) is 11.5. The van der Waals surface area contributed by atoms with E-state index in [4.69, 9.17) is 0 Å². The lowest BCUT2D eigenvalue weighted by molar-refractivity contribution is 0.600. The summed E-state index contributed by atoms with van der Waals surface area (Å²) in [7, 11) is -3.24. The Hall–Kier alpha value is -2.15. The third-order valence-corrected chi connectivity index (χ3v) is 4.78. The number of anilines is 3. The summed E-state index contributed by atoms with van der Waals surface area (Å²) in [5, 5.41) is 2.78. The fraction of sp³-hybridized carbons (Fsp3) is 0.231. The van der Waals surface area contributed by atoms with Crippen molar-refractivity contribution in [1.29, 1.82) is 0 Å². The van der Waals surface area contributed by atoms with E-state index in [0.29, 0.717) is 11.6 Å². The normalized spacial score (nSPS) is 14.8. The molecule has 1 heterocycles. The molecule has 0 bridgehead atoms. The van der Waals surface area contributed by atoms with Crippen molar-refractivity contribution in [3.63, 3.8) is 0 Å². The Bertz CT molecular complexity index is 699. The van der Waals surface area contributed by atoms with Gasteiger partial charge in [-0.15, -0.1) is 0 Å². The van der Waals surface area contributed by atoms with Crippen LogP contribution >= 0.6 is 0 Å². The molecule has 0 spiro atoms. The highest BCUT2D eigenvalue weighted by Crippen LogP contribution is 2.30. The van der Waals surface area contributed by atoms with Crippen molar-refractivity contribution in [2.45, 2.75) is 18.1 Å². The third kappa shape index (κ3) is 3.05. The number of benzene rings is 1. The summed E-state index contributed by atoms with van der Waals surface area (Å²) in [6, 6.07) is 8.76. The first kappa shape index (κ1) is 12.9. The summed E-state index contributed by atoms with van der Waals surface area (Å²) >= 11 is 0. The minimum absolute atomic E-state index is 0.239. The number of nitrogens with zero attached hydrogens (tertiary/aromatic N) is 2. The van der Waals surface area contributed by atoms with Crippen LogP contribution in [-0.2, 0) is 10.0 Å². The number of rotatable bonds is 5. The molecule has 3 rings (SSSR count). The van der Waals surface area contributed by atoms with Crippen LogP contribution in [0.25, 0.3) is 0 Å². The second-order valence-electron chi connectivity index (χ2n) is 4.62. The Kier molecular flexibility index (Phi) is 3.27. The van der Waals surface area contributed by atoms with Gasteiger partial charge in [0.05, 0.1) is 10.9 Å². The van der Waals surface area contributed by atoms with Crippen LogP contribution in [0, 0.1) is 0 Å². The molecule has 1 fully saturated rings. The van der Waals surface area contributed by atoms with Gasteiger partial charge in [0.15, 0.2) is 0 Å². The largest absolute Gasteiger partial charge is 0.324 e. The van der Waals surface area contributed by atoms with E-state index in [1.165, 1.54) is 0 Å². The Morgan fingerprint density at radius 1 is 1.05 bits per heavy atom. The molecule has 0 aliphatic heterocycles. The molecule has 1 saturated carbocycles. The lowest BCUT2D eigenvalue weighted by atomic mass is 10.3. The van der Waals surface area contributed by atoms with Crippen molar-refractivity contribution in [2.24, 2.45) is 0 Å². The summed E-state index contributed by atoms with van der Waals surface area (Å²) in [6.07, 6.45) is 4.75. The van der Waals surface area contributed by atoms with Gasteiger partial charge in [-0.2, -0.15) is 0 Å². The summed E-state index contributed by atoms with van der Waals surface area (Å²) in [4.78, 5) is 8.11. The topological polar surface area (TPSA) is 84.0 Å². The van der Waals surface area contributed by atoms with Crippen molar-refractivity contribution < 1.29 is 8.42 Å². The van der Waals surface area contributed by atoms with Crippen LogP contribution in [0.15, 0.2) is 42.7 Å². The number of sulfonamides is 1. The Morgan fingerprint density at radius 3 is 2.45 bits per heavy atom. The molecule has 0 atom stereocenters. The molecule has 0 saturated heterocycles. The minimum Gasteiger partial charge on any atom is -0.324 e. The molecule has 1 aromatic carbocycles. The highest BCUT2D eigenvalue weighted by Gasteiger charge is 2.35. The van der Waals surface area contributed by atoms with Gasteiger partial charge >= 0.3 is 0 Å². The van der Waals surface area contributed by atoms with Crippen molar-refractivity contribution in [1.82, 2.24) is 9.97 Å². The third-order valence-electron chi connectivity index (χ3n) is 2.91. The molecule has 2 aromatic rings. The zero-order chi connectivity index (χ0) is 14.0. The van der Waals surface area contributed by atoms with Crippen LogP contribution in [0.4, 0.5) is 17.3 Å². The first-order valence-corrected chi connectivity index (χ1v) is 7.84. The van der Waals surface area contributed by atoms with Crippen molar-refractivity contribution in [3.8, 4) is 0 Å². The standard InChI is InChI=1S/C13H14N4O2S/c18-20(19,12-5-6-12)17-11-4-1-3-10(9-11)16-13-14-7-2-8-15-13/h1-4,7-9,12,17H,5-6H2,(H,14,15,16). The van der Waals surface area contributed by atoms with E-state index in [1.54, 1.807) is 36.7 Å². The lowest BCUT2D eigenvalue weighted by Crippen LogP contribution is -2.17. The predicted molar refractivity (Wildman–Crippen MR) is 77.3 cm³/mol. The number of aromatic nitrogens is 2. The number of nitrogens with one attached hydrogen (secondary N) is 2. The van der Waals surface area contributed by atoms with Gasteiger partial charge in [-0.05, 0) is 37.1 Å². The number of hydrogen-bond acceptors (Lipinski definition) is 5. The molecule has 0 unspecified atom stereocenters. The van der Waals surface area contributed by atoms with Gasteiger partial charge < -0.3 is 5.32 Å². The minimum atomic E-state index is -3.24. The maximum absolute atomic E-state index is 11.9. The second-order valence-corrected chi connectivity index (χ2v) is 6.59. The van der Waals surface area contributed by atoms with Gasteiger partial charge in [-0.1, -0.05) is 6.07 Å². The van der Waals surface area contributed by atoms with E-state index < -0.39 is 10.0 Å². The van der Waals surface area contributed by atoms with E-state index in [9.17, 15) is 8.42 Å². The van der Waals surface area contributed by atoms with Gasteiger partial charge in [0, 0.05) is 18.1 Å². The monoisotopic (exact) mass is 290 g/mol. The number of hydrogen-bond donors (Lipinski definition) is 2. The van der Waals surface area contributed by atoms with Crippen LogP contribution in [0.3, 0.4) is 0 Å². The van der Waals surface area contributed by atoms with Gasteiger partial charge in [-0.25, -0.2) is 18.4 Å². The van der Waals surface area contributed by atoms with Gasteiger partial charge in [0.25, 0.3) is 0 Å². The second kappa shape index (κ2) is 5.09. The van der Waals surface area contributed by atoms with Crippen LogP contribution in [0.2, 0.25) is 0 Å². The summed E-state index contributed by atoms with van der Waals surface area (Å²) in [6.45, 7) is 0.